The number of rotatable bonds is 4. The van der Waals surface area contributed by atoms with Gasteiger partial charge in [-0.2, -0.15) is 0 Å². The summed E-state index contributed by atoms with van der Waals surface area (Å²) < 4.78 is 0. The molecule has 0 radical (unpaired) electrons. The minimum Gasteiger partial charge on any atom is -0.475 e. The van der Waals surface area contributed by atoms with Crippen molar-refractivity contribution in [3.8, 4) is 0 Å². The van der Waals surface area contributed by atoms with E-state index in [0.717, 1.165) is 6.07 Å². The summed E-state index contributed by atoms with van der Waals surface area (Å²) in [5, 5.41) is 17.0. The minimum absolute atomic E-state index is 0.190. The summed E-state index contributed by atoms with van der Waals surface area (Å²) >= 11 is 0. The number of carboxylic acids is 2. The summed E-state index contributed by atoms with van der Waals surface area (Å²) in [6.07, 6.45) is 0. The lowest BCUT2D eigenvalue weighted by Crippen LogP contribution is -2.17. The van der Waals surface area contributed by atoms with Gasteiger partial charge in [-0.15, -0.1) is 0 Å². The van der Waals surface area contributed by atoms with E-state index in [1.807, 2.05) is 0 Å². The van der Waals surface area contributed by atoms with Crippen molar-refractivity contribution < 1.29 is 29.4 Å². The fourth-order valence-electron chi connectivity index (χ4n) is 1.25. The van der Waals surface area contributed by atoms with Crippen LogP contribution < -0.4 is 0 Å². The van der Waals surface area contributed by atoms with Crippen LogP contribution in [0.4, 0.5) is 0 Å². The fourth-order valence-corrected chi connectivity index (χ4v) is 1.25. The van der Waals surface area contributed by atoms with Gasteiger partial charge in [0.1, 0.15) is 0 Å². The van der Waals surface area contributed by atoms with Crippen LogP contribution in [0.25, 0.3) is 0 Å². The Bertz CT molecular complexity index is 529. The lowest BCUT2D eigenvalue weighted by molar-refractivity contribution is -0.132. The molecule has 0 aliphatic carbocycles. The molecule has 0 bridgehead atoms. The number of Topliss-reactive ketones (excluding diaryl/α,β-unsaturated/α-hetero) is 2. The average molecular weight is 236 g/mol. The number of carbonyl (C=O) groups is 4. The first-order valence-electron chi connectivity index (χ1n) is 4.50. The van der Waals surface area contributed by atoms with E-state index in [-0.39, 0.29) is 11.1 Å². The predicted molar refractivity (Wildman–Crippen MR) is 55.1 cm³/mol. The Labute approximate surface area is 95.5 Å². The van der Waals surface area contributed by atoms with Crippen molar-refractivity contribution in [3.05, 3.63) is 34.9 Å². The normalized spacial score (nSPS) is 9.71. The average Bonchev–Trinajstić information content (AvgIpc) is 2.27. The molecule has 0 amide bonds. The number of carboxylic acid groups (broad SMARTS) is 2. The van der Waals surface area contributed by atoms with Crippen molar-refractivity contribution in [2.24, 2.45) is 0 Å². The smallest absolute Gasteiger partial charge is 0.377 e. The quantitative estimate of drug-likeness (QED) is 0.583. The Kier molecular flexibility index (Phi) is 3.37. The number of hydrogen-bond acceptors (Lipinski definition) is 4. The van der Waals surface area contributed by atoms with Crippen LogP contribution in [-0.4, -0.2) is 33.7 Å². The van der Waals surface area contributed by atoms with Crippen molar-refractivity contribution in [3.63, 3.8) is 0 Å². The second-order valence-electron chi connectivity index (χ2n) is 3.30. The van der Waals surface area contributed by atoms with Crippen LogP contribution in [0.3, 0.4) is 0 Å². The van der Waals surface area contributed by atoms with E-state index in [2.05, 4.69) is 0 Å². The number of ketones is 2. The third-order valence-electron chi connectivity index (χ3n) is 2.13. The molecule has 2 N–H and O–H groups in total. The molecule has 0 aromatic heterocycles. The molecule has 0 heterocycles. The van der Waals surface area contributed by atoms with E-state index in [1.54, 1.807) is 0 Å². The Balaban J connectivity index is 3.29. The summed E-state index contributed by atoms with van der Waals surface area (Å²) in [4.78, 5) is 43.4. The van der Waals surface area contributed by atoms with E-state index in [0.29, 0.717) is 5.56 Å². The minimum atomic E-state index is -1.66. The Morgan fingerprint density at radius 2 is 1.47 bits per heavy atom. The predicted octanol–water partition coefficient (Wildman–Crippen LogP) is 0.530. The standard InChI is InChI=1S/C11H8O6/c1-5-2-3-6(8(12)10(14)15)4-7(5)9(13)11(16)17/h2-4H,1H3,(H,14,15)(H,16,17). The SMILES string of the molecule is Cc1ccc(C(=O)C(=O)O)cc1C(=O)C(=O)O. The summed E-state index contributed by atoms with van der Waals surface area (Å²) in [5.74, 6) is -5.69. The number of benzene rings is 1. The maximum absolute atomic E-state index is 11.3. The van der Waals surface area contributed by atoms with Crippen LogP contribution in [0, 0.1) is 6.92 Å². The van der Waals surface area contributed by atoms with Gasteiger partial charge in [0, 0.05) is 11.1 Å². The molecule has 1 aromatic rings. The molecule has 0 saturated carbocycles. The molecule has 0 atom stereocenters. The zero-order chi connectivity index (χ0) is 13.2. The van der Waals surface area contributed by atoms with E-state index in [9.17, 15) is 19.2 Å². The van der Waals surface area contributed by atoms with Crippen molar-refractivity contribution in [1.82, 2.24) is 0 Å². The first-order valence-corrected chi connectivity index (χ1v) is 4.50. The molecule has 1 aromatic carbocycles. The second kappa shape index (κ2) is 4.56. The highest BCUT2D eigenvalue weighted by Gasteiger charge is 2.21. The molecule has 6 heteroatoms. The molecular formula is C11H8O6. The van der Waals surface area contributed by atoms with Gasteiger partial charge in [0.25, 0.3) is 11.6 Å². The monoisotopic (exact) mass is 236 g/mol. The third-order valence-corrected chi connectivity index (χ3v) is 2.13. The van der Waals surface area contributed by atoms with Crippen LogP contribution in [0.2, 0.25) is 0 Å². The van der Waals surface area contributed by atoms with Gasteiger partial charge >= 0.3 is 11.9 Å². The van der Waals surface area contributed by atoms with Gasteiger partial charge in [0.15, 0.2) is 0 Å². The second-order valence-corrected chi connectivity index (χ2v) is 3.30. The zero-order valence-corrected chi connectivity index (χ0v) is 8.76. The molecule has 0 unspecified atom stereocenters. The molecule has 0 spiro atoms. The first-order chi connectivity index (χ1) is 7.84. The summed E-state index contributed by atoms with van der Waals surface area (Å²) in [6, 6.07) is 3.53. The van der Waals surface area contributed by atoms with Crippen LogP contribution in [0.15, 0.2) is 18.2 Å². The summed E-state index contributed by atoms with van der Waals surface area (Å²) in [6.45, 7) is 1.49. The highest BCUT2D eigenvalue weighted by molar-refractivity contribution is 6.42. The fraction of sp³-hybridized carbons (Fsp3) is 0.0909. The van der Waals surface area contributed by atoms with Gasteiger partial charge in [-0.05, 0) is 18.6 Å². The molecule has 88 valence electrons. The van der Waals surface area contributed by atoms with E-state index < -0.39 is 23.5 Å². The van der Waals surface area contributed by atoms with Gasteiger partial charge in [-0.3, -0.25) is 9.59 Å². The highest BCUT2D eigenvalue weighted by Crippen LogP contribution is 2.13. The van der Waals surface area contributed by atoms with Crippen LogP contribution in [-0.2, 0) is 9.59 Å². The van der Waals surface area contributed by atoms with Gasteiger partial charge in [0.05, 0.1) is 0 Å². The lowest BCUT2D eigenvalue weighted by atomic mass is 9.99. The summed E-state index contributed by atoms with van der Waals surface area (Å²) in [7, 11) is 0. The number of carbonyl (C=O) groups excluding carboxylic acids is 2. The topological polar surface area (TPSA) is 109 Å². The van der Waals surface area contributed by atoms with Crippen LogP contribution in [0.1, 0.15) is 26.3 Å². The van der Waals surface area contributed by atoms with Gasteiger partial charge in [-0.1, -0.05) is 12.1 Å². The molecular weight excluding hydrogens is 228 g/mol. The van der Waals surface area contributed by atoms with Crippen molar-refractivity contribution in [1.29, 1.82) is 0 Å². The number of hydrogen-bond donors (Lipinski definition) is 2. The van der Waals surface area contributed by atoms with Crippen molar-refractivity contribution in [2.75, 3.05) is 0 Å². The van der Waals surface area contributed by atoms with Crippen LogP contribution in [0.5, 0.6) is 0 Å². The molecule has 6 nitrogen and oxygen atoms in total. The van der Waals surface area contributed by atoms with E-state index in [4.69, 9.17) is 10.2 Å². The molecule has 0 aliphatic rings. The third kappa shape index (κ3) is 2.54. The Hall–Kier alpha value is -2.50. The molecule has 17 heavy (non-hydrogen) atoms. The van der Waals surface area contributed by atoms with Crippen molar-refractivity contribution >= 4 is 23.5 Å². The van der Waals surface area contributed by atoms with Gasteiger partial charge in [0.2, 0.25) is 0 Å². The molecule has 1 rings (SSSR count). The number of aryl methyl sites for hydroxylation is 1. The summed E-state index contributed by atoms with van der Waals surface area (Å²) in [5.41, 5.74) is -0.0587. The lowest BCUT2D eigenvalue weighted by Gasteiger charge is -2.03. The zero-order valence-electron chi connectivity index (χ0n) is 8.76. The largest absolute Gasteiger partial charge is 0.475 e. The molecule has 0 aliphatic heterocycles. The highest BCUT2D eigenvalue weighted by atomic mass is 16.4. The van der Waals surface area contributed by atoms with Crippen LogP contribution >= 0.6 is 0 Å². The Morgan fingerprint density at radius 3 is 1.94 bits per heavy atom. The number of aliphatic carboxylic acids is 2. The first kappa shape index (κ1) is 12.6. The molecule has 0 fully saturated rings. The van der Waals surface area contributed by atoms with E-state index >= 15 is 0 Å². The maximum Gasteiger partial charge on any atom is 0.377 e. The van der Waals surface area contributed by atoms with E-state index in [1.165, 1.54) is 19.1 Å². The van der Waals surface area contributed by atoms with Gasteiger partial charge < -0.3 is 10.2 Å². The maximum atomic E-state index is 11.3. The van der Waals surface area contributed by atoms with Crippen molar-refractivity contribution in [2.45, 2.75) is 6.92 Å². The Morgan fingerprint density at radius 1 is 0.941 bits per heavy atom. The molecule has 0 saturated heterocycles. The van der Waals surface area contributed by atoms with Gasteiger partial charge in [-0.25, -0.2) is 9.59 Å².